The molecule has 0 aromatic rings. The monoisotopic (exact) mass is 247 g/mol. The van der Waals surface area contributed by atoms with Gasteiger partial charge in [-0.3, -0.25) is 0 Å². The Morgan fingerprint density at radius 2 is 2.00 bits per heavy atom. The highest BCUT2D eigenvalue weighted by atomic mass is 28.4. The van der Waals surface area contributed by atoms with Crippen LogP contribution in [0.5, 0.6) is 0 Å². The second-order valence-corrected chi connectivity index (χ2v) is 11.1. The molecule has 2 atom stereocenters. The topological polar surface area (TPSA) is 21.3 Å². The summed E-state index contributed by atoms with van der Waals surface area (Å²) in [7, 11) is -1.65. The predicted octanol–water partition coefficient (Wildman–Crippen LogP) is 3.10. The average molecular weight is 247 g/mol. The molecule has 0 aromatic heterocycles. The van der Waals surface area contributed by atoms with E-state index < -0.39 is 14.5 Å². The van der Waals surface area contributed by atoms with E-state index in [9.17, 15) is 4.39 Å². The standard InChI is InChI=1S/C12H26FNOSi/c1-12(2,3)16(4,5)15-9-7-11-10(13)6-8-14-11/h10-11,14H,6-9H2,1-5H3. The first-order valence-electron chi connectivity index (χ1n) is 6.25. The summed E-state index contributed by atoms with van der Waals surface area (Å²) in [6.07, 6.45) is 0.779. The van der Waals surface area contributed by atoms with E-state index in [4.69, 9.17) is 4.43 Å². The highest BCUT2D eigenvalue weighted by Crippen LogP contribution is 2.36. The van der Waals surface area contributed by atoms with Crippen molar-refractivity contribution < 1.29 is 8.82 Å². The van der Waals surface area contributed by atoms with E-state index in [1.165, 1.54) is 0 Å². The lowest BCUT2D eigenvalue weighted by atomic mass is 10.1. The molecule has 1 fully saturated rings. The fourth-order valence-corrected chi connectivity index (χ4v) is 2.74. The largest absolute Gasteiger partial charge is 0.417 e. The summed E-state index contributed by atoms with van der Waals surface area (Å²) in [5.74, 6) is 0. The first-order valence-corrected chi connectivity index (χ1v) is 9.16. The molecular weight excluding hydrogens is 221 g/mol. The molecule has 2 unspecified atom stereocenters. The van der Waals surface area contributed by atoms with Gasteiger partial charge in [0.25, 0.3) is 0 Å². The molecule has 0 aliphatic carbocycles. The third kappa shape index (κ3) is 3.53. The Balaban J connectivity index is 2.30. The van der Waals surface area contributed by atoms with Crippen molar-refractivity contribution in [3.05, 3.63) is 0 Å². The lowest BCUT2D eigenvalue weighted by Gasteiger charge is -2.36. The minimum absolute atomic E-state index is 0.0183. The van der Waals surface area contributed by atoms with Crippen LogP contribution < -0.4 is 5.32 Å². The van der Waals surface area contributed by atoms with Gasteiger partial charge in [-0.25, -0.2) is 4.39 Å². The zero-order valence-corrected chi connectivity index (χ0v) is 12.3. The van der Waals surface area contributed by atoms with E-state index in [1.54, 1.807) is 0 Å². The van der Waals surface area contributed by atoms with Crippen molar-refractivity contribution in [2.24, 2.45) is 0 Å². The van der Waals surface area contributed by atoms with Crippen LogP contribution in [0, 0.1) is 0 Å². The van der Waals surface area contributed by atoms with Crippen molar-refractivity contribution in [2.45, 2.75) is 64.0 Å². The highest BCUT2D eigenvalue weighted by Gasteiger charge is 2.37. The maximum Gasteiger partial charge on any atom is 0.191 e. The molecule has 1 aliphatic rings. The van der Waals surface area contributed by atoms with Crippen molar-refractivity contribution in [2.75, 3.05) is 13.2 Å². The van der Waals surface area contributed by atoms with E-state index in [2.05, 4.69) is 39.2 Å². The van der Waals surface area contributed by atoms with Gasteiger partial charge in [-0.05, 0) is 37.5 Å². The number of nitrogens with one attached hydrogen (secondary N) is 1. The van der Waals surface area contributed by atoms with Crippen LogP contribution in [0.2, 0.25) is 18.1 Å². The van der Waals surface area contributed by atoms with Gasteiger partial charge in [0.05, 0.1) is 0 Å². The van der Waals surface area contributed by atoms with Crippen LogP contribution in [0.3, 0.4) is 0 Å². The van der Waals surface area contributed by atoms with Crippen LogP contribution in [0.4, 0.5) is 4.39 Å². The Hall–Kier alpha value is 0.0669. The molecule has 96 valence electrons. The predicted molar refractivity (Wildman–Crippen MR) is 69.1 cm³/mol. The summed E-state index contributed by atoms with van der Waals surface area (Å²) in [4.78, 5) is 0. The Morgan fingerprint density at radius 1 is 1.38 bits per heavy atom. The van der Waals surface area contributed by atoms with Gasteiger partial charge in [0, 0.05) is 12.6 Å². The SMILES string of the molecule is CC(C)(C)[Si](C)(C)OCCC1NCCC1F. The molecule has 0 aromatic carbocycles. The average Bonchev–Trinajstić information content (AvgIpc) is 2.49. The highest BCUT2D eigenvalue weighted by molar-refractivity contribution is 6.74. The molecule has 0 amide bonds. The third-order valence-corrected chi connectivity index (χ3v) is 8.50. The van der Waals surface area contributed by atoms with Crippen LogP contribution in [-0.4, -0.2) is 33.7 Å². The van der Waals surface area contributed by atoms with Crippen LogP contribution in [0.25, 0.3) is 0 Å². The number of rotatable bonds is 4. The molecule has 1 N–H and O–H groups in total. The smallest absolute Gasteiger partial charge is 0.191 e. The molecule has 16 heavy (non-hydrogen) atoms. The van der Waals surface area contributed by atoms with Gasteiger partial charge < -0.3 is 9.74 Å². The van der Waals surface area contributed by atoms with Crippen molar-refractivity contribution in [1.29, 1.82) is 0 Å². The Morgan fingerprint density at radius 3 is 2.44 bits per heavy atom. The molecule has 2 nitrogen and oxygen atoms in total. The zero-order chi connectivity index (χ0) is 12.4. The molecule has 1 rings (SSSR count). The molecule has 1 heterocycles. The Kier molecular flexibility index (Phi) is 4.55. The molecule has 0 spiro atoms. The van der Waals surface area contributed by atoms with Gasteiger partial charge in [0.15, 0.2) is 8.32 Å². The number of halogens is 1. The van der Waals surface area contributed by atoms with Gasteiger partial charge in [-0.15, -0.1) is 0 Å². The summed E-state index contributed by atoms with van der Waals surface area (Å²) in [5, 5.41) is 3.43. The number of hydrogen-bond donors (Lipinski definition) is 1. The fourth-order valence-electron chi connectivity index (χ4n) is 1.68. The van der Waals surface area contributed by atoms with Crippen LogP contribution in [0.1, 0.15) is 33.6 Å². The van der Waals surface area contributed by atoms with Gasteiger partial charge in [0.1, 0.15) is 6.17 Å². The lowest BCUT2D eigenvalue weighted by Crippen LogP contribution is -2.42. The van der Waals surface area contributed by atoms with Crippen molar-refractivity contribution in [1.82, 2.24) is 5.32 Å². The first-order chi connectivity index (χ1) is 7.24. The maximum atomic E-state index is 13.3. The van der Waals surface area contributed by atoms with Crippen molar-refractivity contribution >= 4 is 8.32 Å². The summed E-state index contributed by atoms with van der Waals surface area (Å²) < 4.78 is 19.4. The summed E-state index contributed by atoms with van der Waals surface area (Å²) >= 11 is 0. The molecule has 1 saturated heterocycles. The molecule has 1 aliphatic heterocycles. The van der Waals surface area contributed by atoms with Crippen molar-refractivity contribution in [3.63, 3.8) is 0 Å². The van der Waals surface area contributed by atoms with Gasteiger partial charge in [-0.1, -0.05) is 20.8 Å². The summed E-state index contributed by atoms with van der Waals surface area (Å²) in [5.41, 5.74) is 0. The Labute approximate surface area is 100 Å². The van der Waals surface area contributed by atoms with Crippen molar-refractivity contribution in [3.8, 4) is 0 Å². The van der Waals surface area contributed by atoms with E-state index in [1.807, 2.05) is 0 Å². The van der Waals surface area contributed by atoms with E-state index in [0.29, 0.717) is 13.0 Å². The second-order valence-electron chi connectivity index (χ2n) is 6.26. The summed E-state index contributed by atoms with van der Waals surface area (Å²) in [6.45, 7) is 12.7. The molecular formula is C12H26FNOSi. The molecule has 0 saturated carbocycles. The quantitative estimate of drug-likeness (QED) is 0.771. The van der Waals surface area contributed by atoms with Crippen LogP contribution in [0.15, 0.2) is 0 Å². The molecule has 0 bridgehead atoms. The van der Waals surface area contributed by atoms with E-state index in [-0.39, 0.29) is 11.1 Å². The minimum Gasteiger partial charge on any atom is -0.417 e. The summed E-state index contributed by atoms with van der Waals surface area (Å²) in [6, 6.07) is 0.0183. The molecule has 4 heteroatoms. The normalized spacial score (nSPS) is 27.4. The lowest BCUT2D eigenvalue weighted by molar-refractivity contribution is 0.229. The Bertz CT molecular complexity index is 228. The number of alkyl halides is 1. The van der Waals surface area contributed by atoms with Crippen LogP contribution in [-0.2, 0) is 4.43 Å². The second kappa shape index (κ2) is 5.15. The zero-order valence-electron chi connectivity index (χ0n) is 11.3. The number of hydrogen-bond acceptors (Lipinski definition) is 2. The first kappa shape index (κ1) is 14.1. The molecule has 0 radical (unpaired) electrons. The van der Waals surface area contributed by atoms with E-state index in [0.717, 1.165) is 13.0 Å². The fraction of sp³-hybridized carbons (Fsp3) is 1.00. The maximum absolute atomic E-state index is 13.3. The minimum atomic E-state index is -1.65. The van der Waals surface area contributed by atoms with Crippen LogP contribution >= 0.6 is 0 Å². The van der Waals surface area contributed by atoms with Gasteiger partial charge in [-0.2, -0.15) is 0 Å². The van der Waals surface area contributed by atoms with Gasteiger partial charge in [0.2, 0.25) is 0 Å². The van der Waals surface area contributed by atoms with E-state index >= 15 is 0 Å². The van der Waals surface area contributed by atoms with Gasteiger partial charge >= 0.3 is 0 Å². The third-order valence-electron chi connectivity index (χ3n) is 3.96.